The molecule has 0 radical (unpaired) electrons. The number of ether oxygens (including phenoxy) is 2. The van der Waals surface area contributed by atoms with Gasteiger partial charge in [0.1, 0.15) is 16.9 Å². The molecule has 0 amide bonds. The van der Waals surface area contributed by atoms with E-state index in [1.165, 1.54) is 23.5 Å². The molecule has 8 heteroatoms. The summed E-state index contributed by atoms with van der Waals surface area (Å²) in [5.74, 6) is -0.658. The lowest BCUT2D eigenvalue weighted by Gasteiger charge is -2.05. The third-order valence-corrected chi connectivity index (χ3v) is 3.53. The molecule has 0 atom stereocenters. The Kier molecular flexibility index (Phi) is 7.69. The Morgan fingerprint density at radius 3 is 2.18 bits per heavy atom. The van der Waals surface area contributed by atoms with Crippen LogP contribution in [0.15, 0.2) is 46.7 Å². The van der Waals surface area contributed by atoms with Crippen LogP contribution in [0, 0.1) is 0 Å². The topological polar surface area (TPSA) is 78.4 Å². The fourth-order valence-electron chi connectivity index (χ4n) is 1.00. The van der Waals surface area contributed by atoms with Gasteiger partial charge in [0.25, 0.3) is 0 Å². The highest BCUT2D eigenvalue weighted by Crippen LogP contribution is 2.19. The SMILES string of the molecule is C=C(C)C(=O)OCSc1ccnc(SCOC(=O)C(=C)C)n1. The molecule has 0 N–H and O–H groups in total. The Hall–Kier alpha value is -1.80. The van der Waals surface area contributed by atoms with Gasteiger partial charge in [-0.1, -0.05) is 24.9 Å². The summed E-state index contributed by atoms with van der Waals surface area (Å²) in [6.45, 7) is 10.1. The average molecular weight is 340 g/mol. The largest absolute Gasteiger partial charge is 0.451 e. The smallest absolute Gasteiger partial charge is 0.333 e. The van der Waals surface area contributed by atoms with Crippen LogP contribution in [0.2, 0.25) is 0 Å². The van der Waals surface area contributed by atoms with Gasteiger partial charge in [0, 0.05) is 17.3 Å². The van der Waals surface area contributed by atoms with Crippen molar-refractivity contribution in [2.24, 2.45) is 0 Å². The van der Waals surface area contributed by atoms with Gasteiger partial charge in [-0.05, 0) is 31.7 Å². The summed E-state index contributed by atoms with van der Waals surface area (Å²) >= 11 is 2.44. The quantitative estimate of drug-likeness (QED) is 0.178. The van der Waals surface area contributed by atoms with E-state index in [9.17, 15) is 9.59 Å². The number of hydrogen-bond acceptors (Lipinski definition) is 8. The van der Waals surface area contributed by atoms with Crippen molar-refractivity contribution >= 4 is 35.5 Å². The van der Waals surface area contributed by atoms with Gasteiger partial charge in [0.05, 0.1) is 0 Å². The molecule has 0 saturated heterocycles. The van der Waals surface area contributed by atoms with E-state index in [0.29, 0.717) is 21.3 Å². The number of esters is 2. The molecule has 1 heterocycles. The predicted molar refractivity (Wildman–Crippen MR) is 85.3 cm³/mol. The van der Waals surface area contributed by atoms with Crippen molar-refractivity contribution in [3.8, 4) is 0 Å². The predicted octanol–water partition coefficient (Wildman–Crippen LogP) is 2.81. The van der Waals surface area contributed by atoms with Crippen LogP contribution in [0.25, 0.3) is 0 Å². The molecule has 22 heavy (non-hydrogen) atoms. The molecule has 1 aromatic heterocycles. The zero-order valence-corrected chi connectivity index (χ0v) is 14.0. The summed E-state index contributed by atoms with van der Waals surface area (Å²) in [5.41, 5.74) is 0.684. The van der Waals surface area contributed by atoms with Crippen LogP contribution < -0.4 is 0 Å². The number of hydrogen-bond donors (Lipinski definition) is 0. The Morgan fingerprint density at radius 1 is 1.09 bits per heavy atom. The lowest BCUT2D eigenvalue weighted by Crippen LogP contribution is -2.05. The molecule has 0 aliphatic rings. The third kappa shape index (κ3) is 6.77. The summed E-state index contributed by atoms with van der Waals surface area (Å²) in [4.78, 5) is 30.8. The number of carbonyl (C=O) groups excluding carboxylic acids is 2. The second kappa shape index (κ2) is 9.26. The average Bonchev–Trinajstić information content (AvgIpc) is 2.47. The van der Waals surface area contributed by atoms with Crippen molar-refractivity contribution in [3.63, 3.8) is 0 Å². The molecular formula is C14H16N2O4S2. The fourth-order valence-corrected chi connectivity index (χ4v) is 2.22. The first kappa shape index (κ1) is 18.2. The summed E-state index contributed by atoms with van der Waals surface area (Å²) in [6.07, 6.45) is 1.58. The number of aromatic nitrogens is 2. The van der Waals surface area contributed by atoms with Gasteiger partial charge in [-0.3, -0.25) is 0 Å². The van der Waals surface area contributed by atoms with Gasteiger partial charge >= 0.3 is 11.9 Å². The highest BCUT2D eigenvalue weighted by atomic mass is 32.2. The first-order chi connectivity index (χ1) is 10.4. The second-order valence-electron chi connectivity index (χ2n) is 4.13. The first-order valence-corrected chi connectivity index (χ1v) is 8.11. The van der Waals surface area contributed by atoms with E-state index < -0.39 is 11.9 Å². The van der Waals surface area contributed by atoms with Crippen LogP contribution in [0.3, 0.4) is 0 Å². The zero-order chi connectivity index (χ0) is 16.5. The minimum Gasteiger partial charge on any atom is -0.451 e. The van der Waals surface area contributed by atoms with Crippen molar-refractivity contribution in [1.29, 1.82) is 0 Å². The maximum atomic E-state index is 11.2. The van der Waals surface area contributed by atoms with Crippen molar-refractivity contribution in [3.05, 3.63) is 36.6 Å². The van der Waals surface area contributed by atoms with Gasteiger partial charge in [0.15, 0.2) is 5.16 Å². The molecule has 0 unspecified atom stereocenters. The molecule has 0 aliphatic carbocycles. The Morgan fingerprint density at radius 2 is 1.64 bits per heavy atom. The van der Waals surface area contributed by atoms with Crippen LogP contribution in [-0.2, 0) is 19.1 Å². The monoisotopic (exact) mass is 340 g/mol. The highest BCUT2D eigenvalue weighted by molar-refractivity contribution is 7.99. The van der Waals surface area contributed by atoms with Crippen molar-refractivity contribution in [2.75, 3.05) is 11.9 Å². The van der Waals surface area contributed by atoms with E-state index in [0.717, 1.165) is 0 Å². The molecule has 0 aliphatic heterocycles. The minimum absolute atomic E-state index is 0.102. The van der Waals surface area contributed by atoms with Gasteiger partial charge in [-0.15, -0.1) is 0 Å². The van der Waals surface area contributed by atoms with Crippen LogP contribution in [0.5, 0.6) is 0 Å². The molecule has 0 bridgehead atoms. The first-order valence-electron chi connectivity index (χ1n) is 6.14. The zero-order valence-electron chi connectivity index (χ0n) is 12.3. The molecule has 0 aromatic carbocycles. The van der Waals surface area contributed by atoms with Crippen LogP contribution >= 0.6 is 23.5 Å². The number of nitrogens with zero attached hydrogens (tertiary/aromatic N) is 2. The number of thioether (sulfide) groups is 2. The van der Waals surface area contributed by atoms with Gasteiger partial charge < -0.3 is 9.47 Å². The summed E-state index contributed by atoms with van der Waals surface area (Å²) < 4.78 is 9.91. The lowest BCUT2D eigenvalue weighted by molar-refractivity contribution is -0.137. The van der Waals surface area contributed by atoms with Crippen molar-refractivity contribution in [2.45, 2.75) is 24.0 Å². The van der Waals surface area contributed by atoms with E-state index in [2.05, 4.69) is 23.1 Å². The fraction of sp³-hybridized carbons (Fsp3) is 0.286. The van der Waals surface area contributed by atoms with E-state index in [1.54, 1.807) is 26.1 Å². The molecule has 6 nitrogen and oxygen atoms in total. The molecular weight excluding hydrogens is 324 g/mol. The summed E-state index contributed by atoms with van der Waals surface area (Å²) in [5, 5.41) is 1.11. The lowest BCUT2D eigenvalue weighted by atomic mass is 10.4. The molecule has 0 spiro atoms. The highest BCUT2D eigenvalue weighted by Gasteiger charge is 2.07. The number of carbonyl (C=O) groups is 2. The van der Waals surface area contributed by atoms with Crippen molar-refractivity contribution in [1.82, 2.24) is 9.97 Å². The van der Waals surface area contributed by atoms with Crippen molar-refractivity contribution < 1.29 is 19.1 Å². The summed E-state index contributed by atoms with van der Waals surface area (Å²) in [6, 6.07) is 1.70. The molecule has 118 valence electrons. The second-order valence-corrected chi connectivity index (χ2v) is 5.96. The molecule has 0 saturated carbocycles. The van der Waals surface area contributed by atoms with E-state index in [1.807, 2.05) is 0 Å². The van der Waals surface area contributed by atoms with Gasteiger partial charge in [-0.25, -0.2) is 19.6 Å². The molecule has 1 aromatic rings. The van der Waals surface area contributed by atoms with E-state index >= 15 is 0 Å². The Bertz CT molecular complexity index is 543. The number of rotatable bonds is 8. The minimum atomic E-state index is -0.454. The maximum Gasteiger partial charge on any atom is 0.333 e. The Labute approximate surface area is 137 Å². The normalized spacial score (nSPS) is 9.91. The van der Waals surface area contributed by atoms with E-state index in [-0.39, 0.29) is 11.9 Å². The standard InChI is InChI=1S/C14H16N2O4S2/c1-9(2)12(17)19-7-21-11-5-6-15-14(16-11)22-8-20-13(18)10(3)4/h5-6H,1,3,7-8H2,2,4H3. The maximum absolute atomic E-state index is 11.2. The van der Waals surface area contributed by atoms with Gasteiger partial charge in [0.2, 0.25) is 0 Å². The third-order valence-electron chi connectivity index (χ3n) is 2.08. The molecule has 0 fully saturated rings. The molecule has 1 rings (SSSR count). The van der Waals surface area contributed by atoms with E-state index in [4.69, 9.17) is 9.47 Å². The van der Waals surface area contributed by atoms with Crippen LogP contribution in [-0.4, -0.2) is 33.8 Å². The Balaban J connectivity index is 2.42. The van der Waals surface area contributed by atoms with Crippen LogP contribution in [0.1, 0.15) is 13.8 Å². The summed E-state index contributed by atoms with van der Waals surface area (Å²) in [7, 11) is 0. The van der Waals surface area contributed by atoms with Gasteiger partial charge in [-0.2, -0.15) is 0 Å². The van der Waals surface area contributed by atoms with Crippen LogP contribution in [0.4, 0.5) is 0 Å².